The minimum absolute atomic E-state index is 0.0481. The first kappa shape index (κ1) is 25.1. The lowest BCUT2D eigenvalue weighted by Gasteiger charge is -2.30. The third kappa shape index (κ3) is 6.06. The Labute approximate surface area is 196 Å². The van der Waals surface area contributed by atoms with Gasteiger partial charge in [-0.2, -0.15) is 13.2 Å². The van der Waals surface area contributed by atoms with Crippen LogP contribution in [0.15, 0.2) is 72.8 Å². The van der Waals surface area contributed by atoms with Crippen LogP contribution in [0.3, 0.4) is 0 Å². The molecule has 176 valence electrons. The Balaban J connectivity index is 1.74. The molecule has 0 saturated carbocycles. The van der Waals surface area contributed by atoms with Gasteiger partial charge in [0, 0.05) is 0 Å². The van der Waals surface area contributed by atoms with Crippen molar-refractivity contribution in [1.82, 2.24) is 0 Å². The maximum absolute atomic E-state index is 14.1. The van der Waals surface area contributed by atoms with Crippen LogP contribution < -0.4 is 4.74 Å². The third-order valence-electron chi connectivity index (χ3n) is 5.19. The van der Waals surface area contributed by atoms with Gasteiger partial charge in [0.05, 0.1) is 13.2 Å². The summed E-state index contributed by atoms with van der Waals surface area (Å²) in [6.45, 7) is 4.92. The van der Waals surface area contributed by atoms with E-state index >= 15 is 0 Å². The number of hydrogen-bond donors (Lipinski definition) is 0. The van der Waals surface area contributed by atoms with Gasteiger partial charge in [-0.25, -0.2) is 4.39 Å². The maximum atomic E-state index is 14.1. The Kier molecular flexibility index (Phi) is 7.39. The quantitative estimate of drug-likeness (QED) is 0.251. The van der Waals surface area contributed by atoms with E-state index in [2.05, 4.69) is 0 Å². The lowest BCUT2D eigenvalue weighted by atomic mass is 9.85. The van der Waals surface area contributed by atoms with Crippen LogP contribution in [0.4, 0.5) is 17.6 Å². The molecule has 1 atom stereocenters. The first-order chi connectivity index (χ1) is 15.4. The van der Waals surface area contributed by atoms with E-state index in [4.69, 9.17) is 21.1 Å². The molecule has 0 amide bonds. The molecule has 0 aromatic heterocycles. The molecule has 7 heteroatoms. The lowest BCUT2D eigenvalue weighted by molar-refractivity contribution is -0.179. The van der Waals surface area contributed by atoms with Gasteiger partial charge < -0.3 is 9.47 Å². The van der Waals surface area contributed by atoms with Crippen molar-refractivity contribution in [3.05, 3.63) is 95.3 Å². The number of benzene rings is 3. The highest BCUT2D eigenvalue weighted by atomic mass is 35.5. The summed E-state index contributed by atoms with van der Waals surface area (Å²) in [5.41, 5.74) is 1.04. The number of hydrogen-bond acceptors (Lipinski definition) is 2. The summed E-state index contributed by atoms with van der Waals surface area (Å²) in [6.07, 6.45) is -4.75. The van der Waals surface area contributed by atoms with Crippen molar-refractivity contribution < 1.29 is 27.0 Å². The second-order valence-electron chi connectivity index (χ2n) is 8.80. The van der Waals surface area contributed by atoms with Crippen LogP contribution in [0.1, 0.15) is 37.5 Å². The molecular weight excluding hydrogens is 456 g/mol. The van der Waals surface area contributed by atoms with Gasteiger partial charge in [0.15, 0.2) is 16.4 Å². The third-order valence-corrected chi connectivity index (χ3v) is 5.74. The van der Waals surface area contributed by atoms with Gasteiger partial charge in [0.1, 0.15) is 5.75 Å². The van der Waals surface area contributed by atoms with Crippen molar-refractivity contribution in [2.45, 2.75) is 43.8 Å². The van der Waals surface area contributed by atoms with Crippen molar-refractivity contribution in [1.29, 1.82) is 0 Å². The van der Waals surface area contributed by atoms with E-state index in [1.54, 1.807) is 42.5 Å². The van der Waals surface area contributed by atoms with Gasteiger partial charge in [-0.15, -0.1) is 11.6 Å². The fourth-order valence-electron chi connectivity index (χ4n) is 3.20. The predicted molar refractivity (Wildman–Crippen MR) is 121 cm³/mol. The van der Waals surface area contributed by atoms with Crippen molar-refractivity contribution in [3.63, 3.8) is 0 Å². The van der Waals surface area contributed by atoms with E-state index in [1.165, 1.54) is 30.3 Å². The molecule has 3 aromatic carbocycles. The second-order valence-corrected chi connectivity index (χ2v) is 9.44. The minimum Gasteiger partial charge on any atom is -0.454 e. The van der Waals surface area contributed by atoms with Crippen LogP contribution in [0.2, 0.25) is 0 Å². The molecule has 0 aliphatic heterocycles. The van der Waals surface area contributed by atoms with E-state index in [-0.39, 0.29) is 23.3 Å². The van der Waals surface area contributed by atoms with Gasteiger partial charge in [0.25, 0.3) is 0 Å². The summed E-state index contributed by atoms with van der Waals surface area (Å²) in [5.74, 6) is -0.207. The van der Waals surface area contributed by atoms with Crippen molar-refractivity contribution in [2.75, 3.05) is 6.61 Å². The number of alkyl halides is 4. The highest BCUT2D eigenvalue weighted by Gasteiger charge is 2.55. The minimum atomic E-state index is -4.75. The maximum Gasteiger partial charge on any atom is 0.413 e. The van der Waals surface area contributed by atoms with Crippen LogP contribution in [0.25, 0.3) is 0 Å². The summed E-state index contributed by atoms with van der Waals surface area (Å²) in [5, 5.41) is 0. The topological polar surface area (TPSA) is 18.5 Å². The standard InChI is InChI=1S/C26H25ClF4O2/c1-24(2,3)19-10-12-20(13-11-19)25(27,26(29,30)31)17-32-16-18-9-14-22(28)23(15-18)33-21-7-5-4-6-8-21/h4-15H,16-17H2,1-3H3. The van der Waals surface area contributed by atoms with Crippen LogP contribution in [-0.2, 0) is 21.6 Å². The summed E-state index contributed by atoms with van der Waals surface area (Å²) in [4.78, 5) is -2.72. The molecule has 2 nitrogen and oxygen atoms in total. The molecule has 3 aromatic rings. The molecule has 0 N–H and O–H groups in total. The molecule has 0 aliphatic carbocycles. The Morgan fingerprint density at radius 2 is 1.42 bits per heavy atom. The second kappa shape index (κ2) is 9.74. The van der Waals surface area contributed by atoms with Gasteiger partial charge in [-0.05, 0) is 46.4 Å². The molecule has 3 rings (SSSR count). The van der Waals surface area contributed by atoms with Crippen molar-refractivity contribution in [2.24, 2.45) is 0 Å². The Morgan fingerprint density at radius 3 is 2.00 bits per heavy atom. The van der Waals surface area contributed by atoms with Crippen molar-refractivity contribution >= 4 is 11.6 Å². The van der Waals surface area contributed by atoms with E-state index in [0.29, 0.717) is 11.3 Å². The number of para-hydroxylation sites is 1. The summed E-state index contributed by atoms with van der Waals surface area (Å²) >= 11 is 6.10. The van der Waals surface area contributed by atoms with Crippen LogP contribution in [0, 0.1) is 5.82 Å². The SMILES string of the molecule is CC(C)(C)c1ccc(C(Cl)(COCc2ccc(F)c(Oc3ccccc3)c2)C(F)(F)F)cc1. The molecular formula is C26H25ClF4O2. The Hall–Kier alpha value is -2.57. The average molecular weight is 481 g/mol. The Bertz CT molecular complexity index is 1060. The molecule has 33 heavy (non-hydrogen) atoms. The van der Waals surface area contributed by atoms with E-state index in [1.807, 2.05) is 20.8 Å². The summed E-state index contributed by atoms with van der Waals surface area (Å²) in [7, 11) is 0. The lowest BCUT2D eigenvalue weighted by Crippen LogP contribution is -2.41. The first-order valence-electron chi connectivity index (χ1n) is 10.4. The molecule has 0 fully saturated rings. The molecule has 1 unspecified atom stereocenters. The van der Waals surface area contributed by atoms with E-state index in [9.17, 15) is 17.6 Å². The largest absolute Gasteiger partial charge is 0.454 e. The number of ether oxygens (including phenoxy) is 2. The zero-order valence-electron chi connectivity index (χ0n) is 18.5. The summed E-state index contributed by atoms with van der Waals surface area (Å²) in [6, 6.07) is 18.7. The Morgan fingerprint density at radius 1 is 0.818 bits per heavy atom. The van der Waals surface area contributed by atoms with Crippen molar-refractivity contribution in [3.8, 4) is 11.5 Å². The zero-order valence-corrected chi connectivity index (χ0v) is 19.3. The molecule has 0 radical (unpaired) electrons. The first-order valence-corrected chi connectivity index (χ1v) is 10.7. The van der Waals surface area contributed by atoms with Crippen LogP contribution in [-0.4, -0.2) is 12.8 Å². The predicted octanol–water partition coefficient (Wildman–Crippen LogP) is 8.13. The fraction of sp³-hybridized carbons (Fsp3) is 0.308. The van der Waals surface area contributed by atoms with Gasteiger partial charge in [-0.3, -0.25) is 0 Å². The van der Waals surface area contributed by atoms with Gasteiger partial charge in [0.2, 0.25) is 0 Å². The molecule has 0 heterocycles. The van der Waals surface area contributed by atoms with Gasteiger partial charge in [-0.1, -0.05) is 69.3 Å². The van der Waals surface area contributed by atoms with E-state index < -0.39 is 23.5 Å². The summed E-state index contributed by atoms with van der Waals surface area (Å²) < 4.78 is 66.8. The average Bonchev–Trinajstić information content (AvgIpc) is 2.75. The van der Waals surface area contributed by atoms with Gasteiger partial charge >= 0.3 is 6.18 Å². The number of rotatable bonds is 7. The molecule has 0 aliphatic rings. The van der Waals surface area contributed by atoms with Crippen LogP contribution >= 0.6 is 11.6 Å². The molecule has 0 saturated heterocycles. The smallest absolute Gasteiger partial charge is 0.413 e. The normalized spacial score (nSPS) is 14.1. The van der Waals surface area contributed by atoms with Crippen LogP contribution in [0.5, 0.6) is 11.5 Å². The fourth-order valence-corrected chi connectivity index (χ4v) is 3.41. The highest BCUT2D eigenvalue weighted by molar-refractivity contribution is 6.24. The highest BCUT2D eigenvalue weighted by Crippen LogP contribution is 2.45. The van der Waals surface area contributed by atoms with E-state index in [0.717, 1.165) is 5.56 Å². The molecule has 0 spiro atoms. The number of halogens is 5. The zero-order chi connectivity index (χ0) is 24.3. The molecule has 0 bridgehead atoms. The monoisotopic (exact) mass is 480 g/mol.